The van der Waals surface area contributed by atoms with Gasteiger partial charge >= 0.3 is 5.97 Å². The molecule has 0 atom stereocenters. The summed E-state index contributed by atoms with van der Waals surface area (Å²) in [5.41, 5.74) is 1.76. The van der Waals surface area contributed by atoms with Crippen molar-refractivity contribution in [1.29, 1.82) is 0 Å². The van der Waals surface area contributed by atoms with Gasteiger partial charge in [0, 0.05) is 22.8 Å². The number of ether oxygens (including phenoxy) is 1. The Kier molecular flexibility index (Phi) is 3.25. The number of aromatic carboxylic acids is 1. The quantitative estimate of drug-likeness (QED) is 0.923. The van der Waals surface area contributed by atoms with E-state index < -0.39 is 11.8 Å². The van der Waals surface area contributed by atoms with Gasteiger partial charge in [-0.05, 0) is 19.9 Å². The molecule has 2 aromatic rings. The summed E-state index contributed by atoms with van der Waals surface area (Å²) in [7, 11) is 1.45. The molecule has 0 radical (unpaired) electrons. The Morgan fingerprint density at radius 1 is 1.37 bits per heavy atom. The summed E-state index contributed by atoms with van der Waals surface area (Å²) in [5, 5.41) is 12.4. The second-order valence-electron chi connectivity index (χ2n) is 4.07. The monoisotopic (exact) mass is 265 g/mol. The fourth-order valence-corrected chi connectivity index (χ4v) is 1.93. The molecule has 2 rings (SSSR count). The van der Waals surface area contributed by atoms with Gasteiger partial charge < -0.3 is 14.4 Å². The summed E-state index contributed by atoms with van der Waals surface area (Å²) >= 11 is 0. The molecular formula is C13H12FNO4. The Balaban J connectivity index is 2.61. The van der Waals surface area contributed by atoms with Gasteiger partial charge in [-0.3, -0.25) is 0 Å². The van der Waals surface area contributed by atoms with Crippen molar-refractivity contribution in [1.82, 2.24) is 5.16 Å². The predicted molar refractivity (Wildman–Crippen MR) is 64.9 cm³/mol. The van der Waals surface area contributed by atoms with Crippen LogP contribution in [0.1, 0.15) is 21.7 Å². The van der Waals surface area contributed by atoms with E-state index >= 15 is 0 Å². The van der Waals surface area contributed by atoms with Crippen LogP contribution in [0.4, 0.5) is 4.39 Å². The van der Waals surface area contributed by atoms with Crippen LogP contribution in [0.3, 0.4) is 0 Å². The Morgan fingerprint density at radius 3 is 2.58 bits per heavy atom. The third-order valence-electron chi connectivity index (χ3n) is 2.92. The van der Waals surface area contributed by atoms with E-state index in [1.54, 1.807) is 13.8 Å². The molecule has 0 unspecified atom stereocenters. The normalized spacial score (nSPS) is 10.5. The number of carboxylic acids is 1. The van der Waals surface area contributed by atoms with Crippen molar-refractivity contribution < 1.29 is 23.6 Å². The minimum absolute atomic E-state index is 0.257. The first-order valence-corrected chi connectivity index (χ1v) is 5.49. The lowest BCUT2D eigenvalue weighted by molar-refractivity contribution is 0.0652. The van der Waals surface area contributed by atoms with Crippen LogP contribution in [0.5, 0.6) is 5.75 Å². The van der Waals surface area contributed by atoms with Crippen molar-refractivity contribution in [2.24, 2.45) is 0 Å². The molecule has 0 saturated heterocycles. The Morgan fingerprint density at radius 2 is 2.05 bits per heavy atom. The lowest BCUT2D eigenvalue weighted by Gasteiger charge is -2.12. The fourth-order valence-electron chi connectivity index (χ4n) is 1.93. The predicted octanol–water partition coefficient (Wildman–Crippen LogP) is 2.80. The number of hydrogen-bond acceptors (Lipinski definition) is 4. The van der Waals surface area contributed by atoms with Crippen LogP contribution in [0, 0.1) is 19.7 Å². The average molecular weight is 265 g/mol. The van der Waals surface area contributed by atoms with E-state index in [0.717, 1.165) is 0 Å². The van der Waals surface area contributed by atoms with Gasteiger partial charge in [-0.1, -0.05) is 5.16 Å². The van der Waals surface area contributed by atoms with E-state index in [-0.39, 0.29) is 11.5 Å². The molecule has 5 nitrogen and oxygen atoms in total. The molecule has 0 fully saturated rings. The van der Waals surface area contributed by atoms with Gasteiger partial charge in [-0.2, -0.15) is 0 Å². The van der Waals surface area contributed by atoms with E-state index in [4.69, 9.17) is 9.84 Å². The zero-order valence-corrected chi connectivity index (χ0v) is 10.7. The number of aromatic nitrogens is 1. The van der Waals surface area contributed by atoms with Crippen LogP contribution >= 0.6 is 0 Å². The Bertz CT molecular complexity index is 648. The van der Waals surface area contributed by atoms with E-state index in [1.165, 1.54) is 19.2 Å². The molecule has 0 spiro atoms. The molecule has 1 aromatic carbocycles. The largest absolute Gasteiger partial charge is 0.496 e. The number of carbonyl (C=O) groups is 1. The van der Waals surface area contributed by atoms with Crippen LogP contribution in [-0.2, 0) is 0 Å². The molecule has 0 aliphatic carbocycles. The van der Waals surface area contributed by atoms with Crippen molar-refractivity contribution in [2.75, 3.05) is 7.11 Å². The van der Waals surface area contributed by atoms with Crippen molar-refractivity contribution in [3.05, 3.63) is 34.8 Å². The smallest absolute Gasteiger partial charge is 0.374 e. The van der Waals surface area contributed by atoms with Gasteiger partial charge in [-0.15, -0.1) is 0 Å². The highest BCUT2D eigenvalue weighted by Crippen LogP contribution is 2.34. The summed E-state index contributed by atoms with van der Waals surface area (Å²) in [5.74, 6) is -1.56. The molecule has 0 bridgehead atoms. The highest BCUT2D eigenvalue weighted by Gasteiger charge is 2.18. The summed E-state index contributed by atoms with van der Waals surface area (Å²) in [6.07, 6.45) is 0. The van der Waals surface area contributed by atoms with Gasteiger partial charge in [-0.25, -0.2) is 9.18 Å². The first-order chi connectivity index (χ1) is 8.95. The van der Waals surface area contributed by atoms with E-state index in [1.807, 2.05) is 0 Å². The third-order valence-corrected chi connectivity index (χ3v) is 2.92. The first-order valence-electron chi connectivity index (χ1n) is 5.49. The molecule has 6 heteroatoms. The summed E-state index contributed by atoms with van der Waals surface area (Å²) in [4.78, 5) is 10.7. The number of benzene rings is 1. The zero-order chi connectivity index (χ0) is 14.2. The van der Waals surface area contributed by atoms with Crippen molar-refractivity contribution in [3.8, 4) is 17.0 Å². The first kappa shape index (κ1) is 13.1. The minimum Gasteiger partial charge on any atom is -0.496 e. The highest BCUT2D eigenvalue weighted by atomic mass is 19.1. The van der Waals surface area contributed by atoms with E-state index in [0.29, 0.717) is 22.4 Å². The molecule has 1 N–H and O–H groups in total. The van der Waals surface area contributed by atoms with Gasteiger partial charge in [0.1, 0.15) is 17.3 Å². The number of hydrogen-bond donors (Lipinski definition) is 1. The highest BCUT2D eigenvalue weighted by molar-refractivity contribution is 5.86. The topological polar surface area (TPSA) is 72.6 Å². The van der Waals surface area contributed by atoms with Crippen LogP contribution in [0.2, 0.25) is 0 Å². The Hall–Kier alpha value is -2.37. The molecule has 0 aliphatic heterocycles. The van der Waals surface area contributed by atoms with Gasteiger partial charge in [0.2, 0.25) is 5.76 Å². The molecular weight excluding hydrogens is 253 g/mol. The number of nitrogens with zero attached hydrogens (tertiary/aromatic N) is 1. The SMILES string of the molecule is COc1c(C)c(F)cc(-c2cc(C(=O)O)on2)c1C. The average Bonchev–Trinajstić information content (AvgIpc) is 2.84. The lowest BCUT2D eigenvalue weighted by atomic mass is 10.0. The molecule has 19 heavy (non-hydrogen) atoms. The van der Waals surface area contributed by atoms with E-state index in [9.17, 15) is 9.18 Å². The summed E-state index contributed by atoms with van der Waals surface area (Å²) in [6.45, 7) is 3.35. The molecule has 1 heterocycles. The molecule has 100 valence electrons. The second kappa shape index (κ2) is 4.72. The number of rotatable bonds is 3. The summed E-state index contributed by atoms with van der Waals surface area (Å²) in [6, 6.07) is 2.54. The summed E-state index contributed by atoms with van der Waals surface area (Å²) < 4.78 is 23.6. The second-order valence-corrected chi connectivity index (χ2v) is 4.07. The van der Waals surface area contributed by atoms with E-state index in [2.05, 4.69) is 9.68 Å². The standard InChI is InChI=1S/C13H12FNO4/c1-6-8(4-9(14)7(2)12(6)18-3)10-5-11(13(16)17)19-15-10/h4-5H,1-3H3,(H,16,17). The third kappa shape index (κ3) is 2.16. The van der Waals surface area contributed by atoms with Crippen LogP contribution in [0.25, 0.3) is 11.3 Å². The molecule has 0 saturated carbocycles. The Labute approximate surface area is 108 Å². The maximum atomic E-state index is 13.8. The molecule has 1 aromatic heterocycles. The van der Waals surface area contributed by atoms with Crippen molar-refractivity contribution >= 4 is 5.97 Å². The van der Waals surface area contributed by atoms with Crippen LogP contribution < -0.4 is 4.74 Å². The lowest BCUT2D eigenvalue weighted by Crippen LogP contribution is -1.97. The number of carboxylic acid groups (broad SMARTS) is 1. The number of halogens is 1. The minimum atomic E-state index is -1.23. The van der Waals surface area contributed by atoms with Crippen molar-refractivity contribution in [2.45, 2.75) is 13.8 Å². The van der Waals surface area contributed by atoms with Gasteiger partial charge in [0.15, 0.2) is 0 Å². The maximum absolute atomic E-state index is 13.8. The van der Waals surface area contributed by atoms with Crippen molar-refractivity contribution in [3.63, 3.8) is 0 Å². The van der Waals surface area contributed by atoms with Gasteiger partial charge in [0.05, 0.1) is 7.11 Å². The zero-order valence-electron chi connectivity index (χ0n) is 10.7. The maximum Gasteiger partial charge on any atom is 0.374 e. The van der Waals surface area contributed by atoms with Crippen LogP contribution in [-0.4, -0.2) is 23.3 Å². The molecule has 0 amide bonds. The van der Waals surface area contributed by atoms with Gasteiger partial charge in [0.25, 0.3) is 0 Å². The van der Waals surface area contributed by atoms with Crippen LogP contribution in [0.15, 0.2) is 16.7 Å². The number of methoxy groups -OCH3 is 1. The fraction of sp³-hybridized carbons (Fsp3) is 0.231. The molecule has 0 aliphatic rings.